The Labute approximate surface area is 110 Å². The van der Waals surface area contributed by atoms with Crippen molar-refractivity contribution in [2.45, 2.75) is 39.2 Å². The molecule has 18 heavy (non-hydrogen) atoms. The first-order valence-electron chi connectivity index (χ1n) is 7.00. The smallest absolute Gasteiger partial charge is 0.0946 e. The van der Waals surface area contributed by atoms with Crippen LogP contribution in [0.15, 0.2) is 12.5 Å². The minimum absolute atomic E-state index is 0.318. The van der Waals surface area contributed by atoms with Crippen LogP contribution in [0.3, 0.4) is 0 Å². The van der Waals surface area contributed by atoms with E-state index in [1.54, 1.807) is 0 Å². The maximum atomic E-state index is 5.98. The Kier molecular flexibility index (Phi) is 4.07. The van der Waals surface area contributed by atoms with Gasteiger partial charge in [-0.2, -0.15) is 0 Å². The maximum absolute atomic E-state index is 5.98. The summed E-state index contributed by atoms with van der Waals surface area (Å²) in [5.74, 6) is 0. The van der Waals surface area contributed by atoms with Crippen molar-refractivity contribution >= 4 is 0 Å². The summed E-state index contributed by atoms with van der Waals surface area (Å²) in [5, 5.41) is 0. The number of rotatable bonds is 4. The van der Waals surface area contributed by atoms with Crippen molar-refractivity contribution in [3.63, 3.8) is 0 Å². The van der Waals surface area contributed by atoms with E-state index in [0.717, 1.165) is 13.1 Å². The van der Waals surface area contributed by atoms with Gasteiger partial charge in [0.2, 0.25) is 0 Å². The maximum Gasteiger partial charge on any atom is 0.0946 e. The molecule has 2 rings (SSSR count). The summed E-state index contributed by atoms with van der Waals surface area (Å²) in [4.78, 5) is 6.73. The first kappa shape index (κ1) is 13.6. The van der Waals surface area contributed by atoms with Crippen LogP contribution in [0.25, 0.3) is 0 Å². The molecule has 4 heteroatoms. The number of piperidine rings is 1. The van der Waals surface area contributed by atoms with Crippen LogP contribution in [-0.4, -0.2) is 34.1 Å². The van der Waals surface area contributed by atoms with Crippen LogP contribution in [0.2, 0.25) is 0 Å². The molecule has 0 saturated carbocycles. The predicted molar refractivity (Wildman–Crippen MR) is 74.2 cm³/mol. The van der Waals surface area contributed by atoms with Gasteiger partial charge in [0.15, 0.2) is 0 Å². The summed E-state index contributed by atoms with van der Waals surface area (Å²) >= 11 is 0. The third-order valence-electron chi connectivity index (χ3n) is 4.72. The molecule has 2 N–H and O–H groups in total. The quantitative estimate of drug-likeness (QED) is 0.888. The summed E-state index contributed by atoms with van der Waals surface area (Å²) in [6, 6.07) is 0.318. The van der Waals surface area contributed by atoms with Gasteiger partial charge in [-0.25, -0.2) is 4.98 Å². The highest BCUT2D eigenvalue weighted by Crippen LogP contribution is 2.36. The topological polar surface area (TPSA) is 47.1 Å². The Morgan fingerprint density at radius 2 is 2.11 bits per heavy atom. The van der Waals surface area contributed by atoms with Gasteiger partial charge in [0.05, 0.1) is 18.1 Å². The van der Waals surface area contributed by atoms with Crippen LogP contribution >= 0.6 is 0 Å². The number of hydrogen-bond acceptors (Lipinski definition) is 3. The zero-order chi connectivity index (χ0) is 13.2. The predicted octanol–water partition coefficient (Wildman–Crippen LogP) is 1.93. The fourth-order valence-corrected chi connectivity index (χ4v) is 2.87. The lowest BCUT2D eigenvalue weighted by Crippen LogP contribution is -2.43. The van der Waals surface area contributed by atoms with Crippen molar-refractivity contribution < 1.29 is 0 Å². The molecule has 0 radical (unpaired) electrons. The second-order valence-electron chi connectivity index (χ2n) is 5.88. The van der Waals surface area contributed by atoms with Gasteiger partial charge in [0, 0.05) is 19.8 Å². The molecule has 1 atom stereocenters. The molecular weight excluding hydrogens is 224 g/mol. The highest BCUT2D eigenvalue weighted by molar-refractivity contribution is 5.06. The molecule has 2 heterocycles. The van der Waals surface area contributed by atoms with Gasteiger partial charge in [0.1, 0.15) is 0 Å². The van der Waals surface area contributed by atoms with E-state index in [2.05, 4.69) is 28.3 Å². The largest absolute Gasteiger partial charge is 0.336 e. The van der Waals surface area contributed by atoms with Crippen LogP contribution in [0.4, 0.5) is 0 Å². The standard InChI is InChI=1S/C14H26N4/c1-4-14(2)5-7-18(8-6-14)12(9-15)13-10-16-11-17(13)3/h10-12H,4-9,15H2,1-3H3. The van der Waals surface area contributed by atoms with Crippen LogP contribution in [-0.2, 0) is 7.05 Å². The van der Waals surface area contributed by atoms with Crippen molar-refractivity contribution in [1.82, 2.24) is 14.5 Å². The minimum atomic E-state index is 0.318. The minimum Gasteiger partial charge on any atom is -0.336 e. The molecule has 1 aliphatic rings. The fourth-order valence-electron chi connectivity index (χ4n) is 2.87. The van der Waals surface area contributed by atoms with Crippen molar-refractivity contribution in [3.05, 3.63) is 18.2 Å². The molecular formula is C14H26N4. The Morgan fingerprint density at radius 1 is 1.44 bits per heavy atom. The molecule has 1 unspecified atom stereocenters. The van der Waals surface area contributed by atoms with E-state index >= 15 is 0 Å². The van der Waals surface area contributed by atoms with E-state index in [1.165, 1.54) is 25.0 Å². The van der Waals surface area contributed by atoms with E-state index in [4.69, 9.17) is 5.73 Å². The van der Waals surface area contributed by atoms with Gasteiger partial charge in [-0.15, -0.1) is 0 Å². The Morgan fingerprint density at radius 3 is 2.56 bits per heavy atom. The molecule has 0 amide bonds. The summed E-state index contributed by atoms with van der Waals surface area (Å²) in [6.45, 7) is 7.68. The Bertz CT molecular complexity index is 377. The van der Waals surface area contributed by atoms with Crippen molar-refractivity contribution in [2.24, 2.45) is 18.2 Å². The summed E-state index contributed by atoms with van der Waals surface area (Å²) in [6.07, 6.45) is 7.64. The van der Waals surface area contributed by atoms with Gasteiger partial charge >= 0.3 is 0 Å². The molecule has 0 spiro atoms. The lowest BCUT2D eigenvalue weighted by Gasteiger charge is -2.42. The molecule has 0 aliphatic carbocycles. The van der Waals surface area contributed by atoms with Crippen molar-refractivity contribution in [1.29, 1.82) is 0 Å². The summed E-state index contributed by atoms with van der Waals surface area (Å²) in [7, 11) is 2.05. The number of aryl methyl sites for hydroxylation is 1. The zero-order valence-corrected chi connectivity index (χ0v) is 11.9. The molecule has 1 aliphatic heterocycles. The molecule has 1 aromatic rings. The average molecular weight is 250 g/mol. The molecule has 0 bridgehead atoms. The fraction of sp³-hybridized carbons (Fsp3) is 0.786. The third-order valence-corrected chi connectivity index (χ3v) is 4.72. The summed E-state index contributed by atoms with van der Waals surface area (Å²) in [5.41, 5.74) is 7.74. The first-order chi connectivity index (χ1) is 8.59. The van der Waals surface area contributed by atoms with E-state index in [-0.39, 0.29) is 0 Å². The Hall–Kier alpha value is -0.870. The molecule has 0 aromatic carbocycles. The van der Waals surface area contributed by atoms with Crippen molar-refractivity contribution in [2.75, 3.05) is 19.6 Å². The van der Waals surface area contributed by atoms with Crippen molar-refractivity contribution in [3.8, 4) is 0 Å². The SMILES string of the molecule is CCC1(C)CCN(C(CN)c2cncn2C)CC1. The van der Waals surface area contributed by atoms with Crippen LogP contribution < -0.4 is 5.73 Å². The number of hydrogen-bond donors (Lipinski definition) is 1. The lowest BCUT2D eigenvalue weighted by molar-refractivity contribution is 0.0804. The molecule has 1 aromatic heterocycles. The van der Waals surface area contributed by atoms with Gasteiger partial charge in [0.25, 0.3) is 0 Å². The second kappa shape index (κ2) is 5.41. The monoisotopic (exact) mass is 250 g/mol. The number of likely N-dealkylation sites (tertiary alicyclic amines) is 1. The molecule has 4 nitrogen and oxygen atoms in total. The van der Waals surface area contributed by atoms with Crippen LogP contribution in [0.5, 0.6) is 0 Å². The highest BCUT2D eigenvalue weighted by Gasteiger charge is 2.32. The average Bonchev–Trinajstić information content (AvgIpc) is 2.79. The van der Waals surface area contributed by atoms with Gasteiger partial charge in [-0.05, 0) is 31.3 Å². The number of aromatic nitrogens is 2. The highest BCUT2D eigenvalue weighted by atomic mass is 15.2. The normalized spacial score (nSPS) is 22.0. The second-order valence-corrected chi connectivity index (χ2v) is 5.88. The molecule has 102 valence electrons. The van der Waals surface area contributed by atoms with Crippen LogP contribution in [0.1, 0.15) is 44.8 Å². The lowest BCUT2D eigenvalue weighted by atomic mass is 9.78. The zero-order valence-electron chi connectivity index (χ0n) is 11.9. The first-order valence-corrected chi connectivity index (χ1v) is 7.00. The third kappa shape index (κ3) is 2.59. The van der Waals surface area contributed by atoms with Crippen LogP contribution in [0, 0.1) is 5.41 Å². The number of nitrogens with two attached hydrogens (primary N) is 1. The summed E-state index contributed by atoms with van der Waals surface area (Å²) < 4.78 is 2.09. The number of nitrogens with zero attached hydrogens (tertiary/aromatic N) is 3. The molecule has 1 fully saturated rings. The van der Waals surface area contributed by atoms with Gasteiger partial charge in [-0.3, -0.25) is 4.90 Å². The van der Waals surface area contributed by atoms with E-state index in [9.17, 15) is 0 Å². The van der Waals surface area contributed by atoms with E-state index < -0.39 is 0 Å². The van der Waals surface area contributed by atoms with E-state index in [1.807, 2.05) is 19.6 Å². The Balaban J connectivity index is 2.06. The van der Waals surface area contributed by atoms with Gasteiger partial charge < -0.3 is 10.3 Å². The van der Waals surface area contributed by atoms with Gasteiger partial charge in [-0.1, -0.05) is 20.3 Å². The number of imidazole rings is 1. The molecule has 1 saturated heterocycles. The van der Waals surface area contributed by atoms with E-state index in [0.29, 0.717) is 18.0 Å².